The number of amides is 2. The molecule has 1 aliphatic heterocycles. The van der Waals surface area contributed by atoms with E-state index >= 15 is 0 Å². The van der Waals surface area contributed by atoms with E-state index in [1.807, 2.05) is 30.3 Å². The normalized spacial score (nSPS) is 17.9. The van der Waals surface area contributed by atoms with Crippen LogP contribution in [0.1, 0.15) is 63.5 Å². The third-order valence-electron chi connectivity index (χ3n) is 8.22. The maximum Gasteiger partial charge on any atom is 0.573 e. The summed E-state index contributed by atoms with van der Waals surface area (Å²) in [6.45, 7) is 6.53. The fourth-order valence-corrected chi connectivity index (χ4v) is 7.12. The summed E-state index contributed by atoms with van der Waals surface area (Å²) in [5, 5.41) is 8.31. The zero-order chi connectivity index (χ0) is 33.1. The van der Waals surface area contributed by atoms with Gasteiger partial charge in [0.2, 0.25) is 0 Å². The molecule has 4 aromatic rings. The largest absolute Gasteiger partial charge is 0.573 e. The number of nitrogens with zero attached hydrogens (tertiary/aromatic N) is 5. The number of alkyl halides is 3. The summed E-state index contributed by atoms with van der Waals surface area (Å²) in [6, 6.07) is 21.4. The molecule has 3 aromatic carbocycles. The maximum atomic E-state index is 13.3. The van der Waals surface area contributed by atoms with Gasteiger partial charge in [0, 0.05) is 28.7 Å². The number of rotatable bonds is 7. The van der Waals surface area contributed by atoms with Gasteiger partial charge >= 0.3 is 12.4 Å². The molecule has 0 spiro atoms. The minimum Gasteiger partial charge on any atom is -0.406 e. The highest BCUT2D eigenvalue weighted by atomic mass is 32.2. The highest BCUT2D eigenvalue weighted by Crippen LogP contribution is 2.36. The first-order chi connectivity index (χ1) is 22.6. The van der Waals surface area contributed by atoms with Crippen molar-refractivity contribution in [3.63, 3.8) is 0 Å². The van der Waals surface area contributed by atoms with Crippen molar-refractivity contribution in [3.05, 3.63) is 95.9 Å². The standard InChI is InChI=1S/C35H35F3N6O2S/c1-22(2)28-7-4-5-10-31(28)44-23(3)19-20-47-34(44)41-33(45)40-30-9-6-8-29(30)24-11-13-25(14-12-24)32-39-21-43(42-32)26-15-17-27(18-16-26)46-35(36,37)38/h4-5,7,10-18,21-23H,6,8-9,19-20H2,1-3H3,(H,40,45). The van der Waals surface area contributed by atoms with Crippen molar-refractivity contribution < 1.29 is 22.7 Å². The number of benzene rings is 3. The van der Waals surface area contributed by atoms with Crippen LogP contribution in [0, 0.1) is 0 Å². The molecule has 1 aromatic heterocycles. The van der Waals surface area contributed by atoms with Crippen LogP contribution in [-0.4, -0.2) is 44.1 Å². The van der Waals surface area contributed by atoms with Gasteiger partial charge < -0.3 is 15.0 Å². The van der Waals surface area contributed by atoms with Gasteiger partial charge in [0.05, 0.1) is 5.69 Å². The Morgan fingerprint density at radius 3 is 2.47 bits per heavy atom. The van der Waals surface area contributed by atoms with Gasteiger partial charge in [0.1, 0.15) is 12.1 Å². The quantitative estimate of drug-likeness (QED) is 0.213. The molecule has 0 saturated carbocycles. The molecular formula is C35H35F3N6O2S. The van der Waals surface area contributed by atoms with Crippen molar-refractivity contribution in [2.24, 2.45) is 4.99 Å². The summed E-state index contributed by atoms with van der Waals surface area (Å²) in [5.74, 6) is 1.41. The van der Waals surface area contributed by atoms with Gasteiger partial charge in [-0.3, -0.25) is 0 Å². The molecule has 2 heterocycles. The minimum absolute atomic E-state index is 0.224. The lowest BCUT2D eigenvalue weighted by atomic mass is 9.99. The molecule has 0 bridgehead atoms. The maximum absolute atomic E-state index is 13.3. The van der Waals surface area contributed by atoms with E-state index < -0.39 is 6.36 Å². The Bertz CT molecular complexity index is 1800. The summed E-state index contributed by atoms with van der Waals surface area (Å²) in [6.07, 6.45) is 0.292. The van der Waals surface area contributed by atoms with Crippen LogP contribution >= 0.6 is 11.8 Å². The van der Waals surface area contributed by atoms with Crippen molar-refractivity contribution in [2.45, 2.75) is 64.8 Å². The number of hydrogen-bond donors (Lipinski definition) is 1. The number of aromatic nitrogens is 3. The van der Waals surface area contributed by atoms with Crippen molar-refractivity contribution >= 4 is 34.2 Å². The zero-order valence-corrected chi connectivity index (χ0v) is 27.1. The number of thioether (sulfide) groups is 1. The average Bonchev–Trinajstić information content (AvgIpc) is 3.71. The molecule has 12 heteroatoms. The van der Waals surface area contributed by atoms with Gasteiger partial charge in [-0.15, -0.1) is 18.3 Å². The Morgan fingerprint density at radius 1 is 1.02 bits per heavy atom. The smallest absolute Gasteiger partial charge is 0.406 e. The van der Waals surface area contributed by atoms with Crippen molar-refractivity contribution in [1.82, 2.24) is 20.1 Å². The summed E-state index contributed by atoms with van der Waals surface area (Å²) in [5.41, 5.74) is 6.62. The van der Waals surface area contributed by atoms with Gasteiger partial charge in [-0.1, -0.05) is 68.1 Å². The molecule has 1 atom stereocenters. The highest BCUT2D eigenvalue weighted by Gasteiger charge is 2.31. The monoisotopic (exact) mass is 660 g/mol. The van der Waals surface area contributed by atoms with Crippen LogP contribution in [-0.2, 0) is 0 Å². The second-order valence-electron chi connectivity index (χ2n) is 11.8. The molecule has 1 fully saturated rings. The minimum atomic E-state index is -4.75. The lowest BCUT2D eigenvalue weighted by Crippen LogP contribution is -2.42. The summed E-state index contributed by atoms with van der Waals surface area (Å²) in [7, 11) is 0. The fraction of sp³-hybridized carbons (Fsp3) is 0.314. The molecule has 1 unspecified atom stereocenters. The number of anilines is 1. The van der Waals surface area contributed by atoms with Crippen molar-refractivity contribution in [1.29, 1.82) is 0 Å². The third-order valence-corrected chi connectivity index (χ3v) is 9.21. The number of halogens is 3. The fourth-order valence-electron chi connectivity index (χ4n) is 5.91. The second kappa shape index (κ2) is 13.6. The van der Waals surface area contributed by atoms with Crippen LogP contribution in [0.15, 0.2) is 89.8 Å². The van der Waals surface area contributed by atoms with Crippen LogP contribution in [0.25, 0.3) is 22.6 Å². The number of aliphatic imine (C=N–C) groups is 1. The Morgan fingerprint density at radius 2 is 1.74 bits per heavy atom. The lowest BCUT2D eigenvalue weighted by Gasteiger charge is -2.37. The highest BCUT2D eigenvalue weighted by molar-refractivity contribution is 8.14. The predicted molar refractivity (Wildman–Crippen MR) is 180 cm³/mol. The van der Waals surface area contributed by atoms with Crippen LogP contribution in [0.3, 0.4) is 0 Å². The van der Waals surface area contributed by atoms with Crippen LogP contribution in [0.5, 0.6) is 5.75 Å². The van der Waals surface area contributed by atoms with E-state index in [2.05, 4.69) is 69.0 Å². The molecule has 8 nitrogen and oxygen atoms in total. The summed E-state index contributed by atoms with van der Waals surface area (Å²) >= 11 is 1.61. The first-order valence-corrected chi connectivity index (χ1v) is 16.6. The molecule has 2 aliphatic rings. The van der Waals surface area contributed by atoms with E-state index in [4.69, 9.17) is 0 Å². The first-order valence-electron chi connectivity index (χ1n) is 15.6. The van der Waals surface area contributed by atoms with Crippen LogP contribution in [0.2, 0.25) is 0 Å². The second-order valence-corrected chi connectivity index (χ2v) is 12.9. The number of amidine groups is 1. The number of allylic oxidation sites excluding steroid dienone is 2. The van der Waals surface area contributed by atoms with E-state index in [0.717, 1.165) is 64.7 Å². The Labute approximate surface area is 275 Å². The molecule has 244 valence electrons. The molecule has 6 rings (SSSR count). The molecule has 0 radical (unpaired) electrons. The predicted octanol–water partition coefficient (Wildman–Crippen LogP) is 8.95. The summed E-state index contributed by atoms with van der Waals surface area (Å²) in [4.78, 5) is 24.5. The number of ether oxygens (including phenoxy) is 1. The Balaban J connectivity index is 1.17. The van der Waals surface area contributed by atoms with E-state index in [1.54, 1.807) is 11.8 Å². The topological polar surface area (TPSA) is 84.6 Å². The van der Waals surface area contributed by atoms with Gasteiger partial charge in [0.15, 0.2) is 11.0 Å². The number of carbonyl (C=O) groups excluding carboxylic acids is 1. The molecule has 47 heavy (non-hydrogen) atoms. The van der Waals surface area contributed by atoms with Crippen LogP contribution in [0.4, 0.5) is 23.7 Å². The number of nitrogens with one attached hydrogen (secondary N) is 1. The molecule has 1 saturated heterocycles. The van der Waals surface area contributed by atoms with Gasteiger partial charge in [-0.2, -0.15) is 4.99 Å². The average molecular weight is 661 g/mol. The van der Waals surface area contributed by atoms with Gasteiger partial charge in [-0.05, 0) is 85.6 Å². The van der Waals surface area contributed by atoms with Crippen molar-refractivity contribution in [2.75, 3.05) is 10.7 Å². The van der Waals surface area contributed by atoms with E-state index in [0.29, 0.717) is 17.4 Å². The van der Waals surface area contributed by atoms with E-state index in [-0.39, 0.29) is 17.8 Å². The number of para-hydroxylation sites is 1. The summed E-state index contributed by atoms with van der Waals surface area (Å²) < 4.78 is 42.9. The Hall–Kier alpha value is -4.58. The third kappa shape index (κ3) is 7.54. The molecule has 1 aliphatic carbocycles. The number of urea groups is 1. The molecular weight excluding hydrogens is 625 g/mol. The lowest BCUT2D eigenvalue weighted by molar-refractivity contribution is -0.274. The molecule has 2 amide bonds. The van der Waals surface area contributed by atoms with Crippen molar-refractivity contribution in [3.8, 4) is 22.8 Å². The van der Waals surface area contributed by atoms with E-state index in [9.17, 15) is 18.0 Å². The Kier molecular flexibility index (Phi) is 9.40. The van der Waals surface area contributed by atoms with E-state index in [1.165, 1.54) is 40.8 Å². The van der Waals surface area contributed by atoms with Crippen LogP contribution < -0.4 is 15.0 Å². The number of carbonyl (C=O) groups is 1. The van der Waals surface area contributed by atoms with Gasteiger partial charge in [0.25, 0.3) is 0 Å². The van der Waals surface area contributed by atoms with Gasteiger partial charge in [-0.25, -0.2) is 14.5 Å². The SMILES string of the molecule is CC(C)c1ccccc1N1C(=NC(=O)NC2=C(c3ccc(-c4ncn(-c5ccc(OC(F)(F)F)cc5)n4)cc3)CCC2)SCCC1C. The zero-order valence-electron chi connectivity index (χ0n) is 26.3. The number of hydrogen-bond acceptors (Lipinski definition) is 5. The molecule has 1 N–H and O–H groups in total. The first kappa shape index (κ1) is 32.4.